The van der Waals surface area contributed by atoms with Gasteiger partial charge in [-0.15, -0.1) is 0 Å². The fourth-order valence-electron chi connectivity index (χ4n) is 2.93. The minimum absolute atomic E-state index is 0.0165. The summed E-state index contributed by atoms with van der Waals surface area (Å²) in [7, 11) is -2.39. The predicted octanol–water partition coefficient (Wildman–Crippen LogP) is 3.96. The highest BCUT2D eigenvalue weighted by molar-refractivity contribution is 14.1. The summed E-state index contributed by atoms with van der Waals surface area (Å²) >= 11 is 2.06. The average molecular weight is 420 g/mol. The van der Waals surface area contributed by atoms with Gasteiger partial charge in [0.05, 0.1) is 6.61 Å². The highest BCUT2D eigenvalue weighted by Crippen LogP contribution is 2.36. The largest absolute Gasteiger partial charge is 0.396 e. The molecule has 3 heteroatoms. The Balaban J connectivity index is 2.66. The first-order chi connectivity index (χ1) is 10.5. The third-order valence-electron chi connectivity index (χ3n) is 3.84. The third kappa shape index (κ3) is 3.45. The standard InChI is InChI=1S/C19H21IOSi/c1-19(2,3)22(21-16-10-15-20,17-11-6-4-7-12-17)18-13-8-5-9-14-18/h4-9,11-14H,16H2,1-3H3. The second kappa shape index (κ2) is 7.45. The Bertz CT molecular complexity index is 611. The van der Waals surface area contributed by atoms with E-state index in [2.05, 4.69) is 114 Å². The number of halogens is 1. The van der Waals surface area contributed by atoms with E-state index in [1.807, 2.05) is 0 Å². The van der Waals surface area contributed by atoms with E-state index >= 15 is 0 Å². The minimum atomic E-state index is -2.39. The van der Waals surface area contributed by atoms with Crippen LogP contribution in [0.2, 0.25) is 5.04 Å². The van der Waals surface area contributed by atoms with Crippen molar-refractivity contribution in [2.24, 2.45) is 0 Å². The average Bonchev–Trinajstić information content (AvgIpc) is 2.52. The van der Waals surface area contributed by atoms with Crippen LogP contribution in [0.1, 0.15) is 20.8 Å². The number of hydrogen-bond donors (Lipinski definition) is 0. The van der Waals surface area contributed by atoms with Crippen LogP contribution in [0, 0.1) is 9.85 Å². The predicted molar refractivity (Wildman–Crippen MR) is 105 cm³/mol. The molecular weight excluding hydrogens is 399 g/mol. The molecule has 2 aromatic carbocycles. The van der Waals surface area contributed by atoms with Crippen LogP contribution >= 0.6 is 22.6 Å². The van der Waals surface area contributed by atoms with Gasteiger partial charge in [0, 0.05) is 22.6 Å². The Labute approximate surface area is 148 Å². The van der Waals surface area contributed by atoms with Crippen molar-refractivity contribution in [1.29, 1.82) is 0 Å². The van der Waals surface area contributed by atoms with Gasteiger partial charge in [0.15, 0.2) is 0 Å². The molecule has 0 heterocycles. The maximum atomic E-state index is 6.57. The van der Waals surface area contributed by atoms with Gasteiger partial charge < -0.3 is 4.43 Å². The van der Waals surface area contributed by atoms with Crippen LogP contribution < -0.4 is 10.4 Å². The van der Waals surface area contributed by atoms with Gasteiger partial charge in [0.1, 0.15) is 0 Å². The molecule has 22 heavy (non-hydrogen) atoms. The highest BCUT2D eigenvalue weighted by Gasteiger charge is 2.49. The van der Waals surface area contributed by atoms with E-state index < -0.39 is 8.32 Å². The lowest BCUT2D eigenvalue weighted by Crippen LogP contribution is -2.66. The summed E-state index contributed by atoms with van der Waals surface area (Å²) in [5.74, 6) is 3.06. The van der Waals surface area contributed by atoms with E-state index in [1.54, 1.807) is 0 Å². The van der Waals surface area contributed by atoms with Crippen LogP contribution in [-0.2, 0) is 4.43 Å². The maximum Gasteiger partial charge on any atom is 0.262 e. The zero-order chi connectivity index (χ0) is 16.1. The Morgan fingerprint density at radius 3 is 1.73 bits per heavy atom. The quantitative estimate of drug-likeness (QED) is 0.414. The molecule has 0 unspecified atom stereocenters. The van der Waals surface area contributed by atoms with Crippen molar-refractivity contribution in [3.8, 4) is 9.85 Å². The lowest BCUT2D eigenvalue weighted by molar-refractivity contribution is 0.346. The fourth-order valence-corrected chi connectivity index (χ4v) is 7.53. The SMILES string of the molecule is CC(C)(C)[Si](OCC#CI)(c1ccccc1)c1ccccc1. The summed E-state index contributed by atoms with van der Waals surface area (Å²) in [4.78, 5) is 0. The molecule has 0 fully saturated rings. The number of hydrogen-bond acceptors (Lipinski definition) is 1. The zero-order valence-corrected chi connectivity index (χ0v) is 16.4. The molecule has 0 aliphatic carbocycles. The van der Waals surface area contributed by atoms with Gasteiger partial charge in [-0.1, -0.05) is 87.4 Å². The fraction of sp³-hybridized carbons (Fsp3) is 0.263. The highest BCUT2D eigenvalue weighted by atomic mass is 127. The Morgan fingerprint density at radius 2 is 1.36 bits per heavy atom. The van der Waals surface area contributed by atoms with Crippen LogP contribution in [-0.4, -0.2) is 14.9 Å². The molecule has 0 radical (unpaired) electrons. The topological polar surface area (TPSA) is 9.23 Å². The van der Waals surface area contributed by atoms with Crippen molar-refractivity contribution in [3.05, 3.63) is 60.7 Å². The molecular formula is C19H21IOSi. The molecule has 0 amide bonds. The summed E-state index contributed by atoms with van der Waals surface area (Å²) < 4.78 is 9.48. The molecule has 0 saturated carbocycles. The second-order valence-corrected chi connectivity index (χ2v) is 11.1. The van der Waals surface area contributed by atoms with Gasteiger partial charge in [-0.05, 0) is 19.3 Å². The van der Waals surface area contributed by atoms with E-state index in [4.69, 9.17) is 4.43 Å². The molecule has 0 atom stereocenters. The first-order valence-electron chi connectivity index (χ1n) is 7.36. The van der Waals surface area contributed by atoms with Crippen LogP contribution in [0.15, 0.2) is 60.7 Å². The monoisotopic (exact) mass is 420 g/mol. The van der Waals surface area contributed by atoms with Crippen molar-refractivity contribution in [1.82, 2.24) is 0 Å². The van der Waals surface area contributed by atoms with Gasteiger partial charge in [-0.25, -0.2) is 0 Å². The lowest BCUT2D eigenvalue weighted by atomic mass is 10.2. The second-order valence-electron chi connectivity index (χ2n) is 6.22. The minimum Gasteiger partial charge on any atom is -0.396 e. The first-order valence-corrected chi connectivity index (χ1v) is 10.3. The summed E-state index contributed by atoms with van der Waals surface area (Å²) in [5, 5.41) is 2.61. The maximum absolute atomic E-state index is 6.57. The van der Waals surface area contributed by atoms with E-state index in [0.717, 1.165) is 0 Å². The van der Waals surface area contributed by atoms with Crippen molar-refractivity contribution in [2.75, 3.05) is 6.61 Å². The molecule has 1 nitrogen and oxygen atoms in total. The molecule has 0 bridgehead atoms. The van der Waals surface area contributed by atoms with Crippen molar-refractivity contribution >= 4 is 41.3 Å². The lowest BCUT2D eigenvalue weighted by Gasteiger charge is -2.42. The Hall–Kier alpha value is -1.09. The smallest absolute Gasteiger partial charge is 0.262 e. The molecule has 0 spiro atoms. The normalized spacial score (nSPS) is 11.6. The molecule has 0 saturated heterocycles. The van der Waals surface area contributed by atoms with Crippen molar-refractivity contribution in [3.63, 3.8) is 0 Å². The molecule has 0 aromatic heterocycles. The van der Waals surface area contributed by atoms with Gasteiger partial charge in [-0.3, -0.25) is 0 Å². The molecule has 0 aliphatic heterocycles. The Morgan fingerprint density at radius 1 is 0.909 bits per heavy atom. The zero-order valence-electron chi connectivity index (χ0n) is 13.3. The van der Waals surface area contributed by atoms with Crippen LogP contribution in [0.5, 0.6) is 0 Å². The van der Waals surface area contributed by atoms with Crippen molar-refractivity contribution in [2.45, 2.75) is 25.8 Å². The van der Waals surface area contributed by atoms with Crippen LogP contribution in [0.3, 0.4) is 0 Å². The van der Waals surface area contributed by atoms with Crippen LogP contribution in [0.4, 0.5) is 0 Å². The number of benzene rings is 2. The molecule has 0 N–H and O–H groups in total. The van der Waals surface area contributed by atoms with Gasteiger partial charge >= 0.3 is 0 Å². The summed E-state index contributed by atoms with van der Waals surface area (Å²) in [6.45, 7) is 7.29. The Kier molecular flexibility index (Phi) is 5.85. The molecule has 0 aliphatic rings. The summed E-state index contributed by atoms with van der Waals surface area (Å²) in [5.41, 5.74) is 0. The molecule has 2 rings (SSSR count). The molecule has 114 valence electrons. The van der Waals surface area contributed by atoms with Gasteiger partial charge in [0.25, 0.3) is 8.32 Å². The van der Waals surface area contributed by atoms with Crippen LogP contribution in [0.25, 0.3) is 0 Å². The first kappa shape index (κ1) is 17.3. The third-order valence-corrected chi connectivity index (χ3v) is 9.21. The van der Waals surface area contributed by atoms with E-state index in [1.165, 1.54) is 10.4 Å². The summed E-state index contributed by atoms with van der Waals surface area (Å²) in [6.07, 6.45) is 0. The van der Waals surface area contributed by atoms with E-state index in [-0.39, 0.29) is 5.04 Å². The van der Waals surface area contributed by atoms with E-state index in [0.29, 0.717) is 6.61 Å². The van der Waals surface area contributed by atoms with Gasteiger partial charge in [-0.2, -0.15) is 0 Å². The van der Waals surface area contributed by atoms with E-state index in [9.17, 15) is 0 Å². The van der Waals surface area contributed by atoms with Gasteiger partial charge in [0.2, 0.25) is 0 Å². The van der Waals surface area contributed by atoms with Crippen molar-refractivity contribution < 1.29 is 4.43 Å². The number of rotatable bonds is 4. The molecule has 2 aromatic rings. The summed E-state index contributed by atoms with van der Waals surface area (Å²) in [6, 6.07) is 21.3.